The molecule has 0 spiro atoms. The van der Waals surface area contributed by atoms with Crippen LogP contribution in [0.25, 0.3) is 11.0 Å². The number of likely N-dealkylation sites (tertiary alicyclic amines) is 1. The summed E-state index contributed by atoms with van der Waals surface area (Å²) in [7, 11) is 0. The Bertz CT molecular complexity index is 670. The highest BCUT2D eigenvalue weighted by molar-refractivity contribution is 5.93. The lowest BCUT2D eigenvalue weighted by atomic mass is 9.96. The smallest absolute Gasteiger partial charge is 0.318 e. The number of primary amides is 1. The van der Waals surface area contributed by atoms with Crippen LogP contribution in [0.3, 0.4) is 0 Å². The monoisotopic (exact) mass is 315 g/mol. The van der Waals surface area contributed by atoms with Crippen LogP contribution in [0.15, 0.2) is 24.3 Å². The third kappa shape index (κ3) is 3.87. The molecule has 1 aromatic heterocycles. The molecule has 0 bridgehead atoms. The second kappa shape index (κ2) is 6.78. The molecular formula is C16H21N5O2. The van der Waals surface area contributed by atoms with Crippen LogP contribution in [0.1, 0.15) is 31.0 Å². The van der Waals surface area contributed by atoms with Gasteiger partial charge in [0.15, 0.2) is 0 Å². The summed E-state index contributed by atoms with van der Waals surface area (Å²) in [4.78, 5) is 32.3. The highest BCUT2D eigenvalue weighted by atomic mass is 16.2. The Kier molecular flexibility index (Phi) is 4.57. The third-order valence-corrected chi connectivity index (χ3v) is 4.30. The number of aromatic amines is 1. The number of amides is 3. The molecule has 2 heterocycles. The quantitative estimate of drug-likeness (QED) is 0.791. The van der Waals surface area contributed by atoms with Crippen molar-refractivity contribution in [2.45, 2.75) is 25.2 Å². The van der Waals surface area contributed by atoms with Crippen LogP contribution in [0.4, 0.5) is 4.79 Å². The fourth-order valence-corrected chi connectivity index (χ4v) is 3.06. The van der Waals surface area contributed by atoms with E-state index in [0.29, 0.717) is 12.5 Å². The van der Waals surface area contributed by atoms with Crippen LogP contribution in [0, 0.1) is 0 Å². The number of fused-ring (bicyclic) bond motifs is 1. The normalized spacial score (nSPS) is 16.5. The number of para-hydroxylation sites is 2. The van der Waals surface area contributed by atoms with E-state index in [2.05, 4.69) is 20.2 Å². The first-order valence-corrected chi connectivity index (χ1v) is 7.88. The summed E-state index contributed by atoms with van der Waals surface area (Å²) in [5.41, 5.74) is 7.01. The van der Waals surface area contributed by atoms with Crippen LogP contribution in [-0.4, -0.2) is 46.4 Å². The highest BCUT2D eigenvalue weighted by Crippen LogP contribution is 2.27. The molecule has 1 aromatic carbocycles. The van der Waals surface area contributed by atoms with Gasteiger partial charge in [-0.15, -0.1) is 0 Å². The molecule has 1 fully saturated rings. The number of nitrogens with one attached hydrogen (secondary N) is 2. The summed E-state index contributed by atoms with van der Waals surface area (Å²) in [5, 5.41) is 2.09. The van der Waals surface area contributed by atoms with Gasteiger partial charge in [0.25, 0.3) is 0 Å². The number of urea groups is 1. The van der Waals surface area contributed by atoms with E-state index in [1.165, 1.54) is 0 Å². The van der Waals surface area contributed by atoms with Crippen molar-refractivity contribution in [2.75, 3.05) is 19.6 Å². The van der Waals surface area contributed by atoms with Crippen LogP contribution in [0.2, 0.25) is 0 Å². The van der Waals surface area contributed by atoms with E-state index >= 15 is 0 Å². The van der Waals surface area contributed by atoms with Gasteiger partial charge in [-0.2, -0.15) is 0 Å². The van der Waals surface area contributed by atoms with Gasteiger partial charge in [0.2, 0.25) is 5.91 Å². The molecule has 0 saturated carbocycles. The molecule has 7 nitrogen and oxygen atoms in total. The number of imidazole rings is 1. The standard InChI is InChI=1S/C16H21N5O2/c17-16(23)20-14(22)7-10-21-8-5-11(6-9-21)15-18-12-3-1-2-4-13(12)19-15/h1-4,11H,5-10H2,(H,18,19)(H3,17,20,22,23). The molecule has 4 N–H and O–H groups in total. The lowest BCUT2D eigenvalue weighted by molar-refractivity contribution is -0.120. The van der Waals surface area contributed by atoms with Crippen molar-refractivity contribution in [3.05, 3.63) is 30.1 Å². The van der Waals surface area contributed by atoms with Crippen molar-refractivity contribution in [2.24, 2.45) is 5.73 Å². The van der Waals surface area contributed by atoms with E-state index in [-0.39, 0.29) is 12.3 Å². The molecule has 1 aliphatic rings. The molecule has 0 atom stereocenters. The van der Waals surface area contributed by atoms with Gasteiger partial charge in [0, 0.05) is 18.9 Å². The molecular weight excluding hydrogens is 294 g/mol. The number of piperidine rings is 1. The summed E-state index contributed by atoms with van der Waals surface area (Å²) in [6, 6.07) is 7.26. The predicted octanol–water partition coefficient (Wildman–Crippen LogP) is 1.33. The molecule has 0 unspecified atom stereocenters. The van der Waals surface area contributed by atoms with Gasteiger partial charge in [-0.1, -0.05) is 12.1 Å². The lowest BCUT2D eigenvalue weighted by Gasteiger charge is -2.30. The lowest BCUT2D eigenvalue weighted by Crippen LogP contribution is -2.39. The van der Waals surface area contributed by atoms with Gasteiger partial charge in [-0.25, -0.2) is 9.78 Å². The maximum absolute atomic E-state index is 11.4. The molecule has 1 saturated heterocycles. The minimum Gasteiger partial charge on any atom is -0.351 e. The van der Waals surface area contributed by atoms with E-state index < -0.39 is 6.03 Å². The van der Waals surface area contributed by atoms with Gasteiger partial charge in [-0.3, -0.25) is 10.1 Å². The summed E-state index contributed by atoms with van der Waals surface area (Å²) >= 11 is 0. The number of hydrogen-bond acceptors (Lipinski definition) is 4. The molecule has 1 aliphatic heterocycles. The second-order valence-electron chi connectivity index (χ2n) is 5.92. The van der Waals surface area contributed by atoms with E-state index in [1.807, 2.05) is 24.3 Å². The first-order chi connectivity index (χ1) is 11.1. The molecule has 2 aromatic rings. The van der Waals surface area contributed by atoms with Gasteiger partial charge in [-0.05, 0) is 38.1 Å². The van der Waals surface area contributed by atoms with Gasteiger partial charge in [0.05, 0.1) is 11.0 Å². The number of aromatic nitrogens is 2. The summed E-state index contributed by atoms with van der Waals surface area (Å²) in [6.45, 7) is 2.49. The summed E-state index contributed by atoms with van der Waals surface area (Å²) < 4.78 is 0. The summed E-state index contributed by atoms with van der Waals surface area (Å²) in [6.07, 6.45) is 2.31. The minimum absolute atomic E-state index is 0.290. The van der Waals surface area contributed by atoms with Gasteiger partial charge < -0.3 is 15.6 Å². The molecule has 3 rings (SSSR count). The number of benzene rings is 1. The third-order valence-electron chi connectivity index (χ3n) is 4.30. The van der Waals surface area contributed by atoms with Crippen molar-refractivity contribution in [3.8, 4) is 0 Å². The van der Waals surface area contributed by atoms with E-state index in [0.717, 1.165) is 42.8 Å². The number of H-pyrrole nitrogens is 1. The number of hydrogen-bond donors (Lipinski definition) is 3. The highest BCUT2D eigenvalue weighted by Gasteiger charge is 2.23. The van der Waals surface area contributed by atoms with Crippen molar-refractivity contribution >= 4 is 23.0 Å². The Morgan fingerprint density at radius 2 is 2.04 bits per heavy atom. The average molecular weight is 315 g/mol. The zero-order chi connectivity index (χ0) is 16.2. The minimum atomic E-state index is -0.793. The second-order valence-corrected chi connectivity index (χ2v) is 5.92. The molecule has 0 radical (unpaired) electrons. The van der Waals surface area contributed by atoms with Crippen molar-refractivity contribution in [3.63, 3.8) is 0 Å². The Morgan fingerprint density at radius 3 is 2.74 bits per heavy atom. The van der Waals surface area contributed by atoms with E-state index in [4.69, 9.17) is 5.73 Å². The molecule has 122 valence electrons. The van der Waals surface area contributed by atoms with Gasteiger partial charge >= 0.3 is 6.03 Å². The number of carbonyl (C=O) groups excluding carboxylic acids is 2. The molecule has 7 heteroatoms. The maximum Gasteiger partial charge on any atom is 0.318 e. The van der Waals surface area contributed by atoms with Crippen molar-refractivity contribution in [1.82, 2.24) is 20.2 Å². The van der Waals surface area contributed by atoms with Gasteiger partial charge in [0.1, 0.15) is 5.82 Å². The number of rotatable bonds is 4. The largest absolute Gasteiger partial charge is 0.351 e. The zero-order valence-electron chi connectivity index (χ0n) is 12.9. The SMILES string of the molecule is NC(=O)NC(=O)CCN1CCC(c2nc3ccccc3[nH]2)CC1. The first kappa shape index (κ1) is 15.5. The van der Waals surface area contributed by atoms with E-state index in [1.54, 1.807) is 0 Å². The van der Waals surface area contributed by atoms with Crippen LogP contribution >= 0.6 is 0 Å². The zero-order valence-corrected chi connectivity index (χ0v) is 12.9. The number of carbonyl (C=O) groups is 2. The molecule has 3 amide bonds. The van der Waals surface area contributed by atoms with Crippen LogP contribution in [0.5, 0.6) is 0 Å². The molecule has 0 aliphatic carbocycles. The summed E-state index contributed by atoms with van der Waals surface area (Å²) in [5.74, 6) is 1.16. The van der Waals surface area contributed by atoms with Crippen molar-refractivity contribution < 1.29 is 9.59 Å². The average Bonchev–Trinajstić information content (AvgIpc) is 2.97. The Morgan fingerprint density at radius 1 is 1.30 bits per heavy atom. The fraction of sp³-hybridized carbons (Fsp3) is 0.438. The predicted molar refractivity (Wildman–Crippen MR) is 86.9 cm³/mol. The fourth-order valence-electron chi connectivity index (χ4n) is 3.06. The number of nitrogens with two attached hydrogens (primary N) is 1. The molecule has 23 heavy (non-hydrogen) atoms. The van der Waals surface area contributed by atoms with E-state index in [9.17, 15) is 9.59 Å². The first-order valence-electron chi connectivity index (χ1n) is 7.88. The maximum atomic E-state index is 11.4. The van der Waals surface area contributed by atoms with Crippen LogP contribution in [-0.2, 0) is 4.79 Å². The topological polar surface area (TPSA) is 104 Å². The Labute approximate surface area is 134 Å². The number of imide groups is 1. The van der Waals surface area contributed by atoms with Crippen molar-refractivity contribution in [1.29, 1.82) is 0 Å². The van der Waals surface area contributed by atoms with Crippen LogP contribution < -0.4 is 11.1 Å². The Hall–Kier alpha value is -2.41. The number of nitrogens with zero attached hydrogens (tertiary/aromatic N) is 2. The Balaban J connectivity index is 1.50.